The minimum Gasteiger partial charge on any atom is -0.385 e. The molecule has 2 aliphatic rings. The number of rotatable bonds is 7. The van der Waals surface area contributed by atoms with E-state index in [0.29, 0.717) is 24.7 Å². The largest absolute Gasteiger partial charge is 0.385 e. The molecule has 8 nitrogen and oxygen atoms in total. The van der Waals surface area contributed by atoms with Crippen LogP contribution >= 0.6 is 0 Å². The average molecular weight is 378 g/mol. The second-order valence-corrected chi connectivity index (χ2v) is 7.88. The Morgan fingerprint density at radius 1 is 1.22 bits per heavy atom. The standard InChI is InChI=1S/C19H35N7O/c1-14-23-24-18(25(14)2)13-21-19(20-9-6-10-27-4)22-15-11-16-7-5-8-17(12-15)26(16)3/h15-17H,5-13H2,1-4H3,(H2,20,21,22). The highest BCUT2D eigenvalue weighted by molar-refractivity contribution is 5.80. The van der Waals surface area contributed by atoms with Gasteiger partial charge in [0, 0.05) is 45.4 Å². The van der Waals surface area contributed by atoms with Crippen molar-refractivity contribution in [3.63, 3.8) is 0 Å². The van der Waals surface area contributed by atoms with Gasteiger partial charge in [-0.3, -0.25) is 0 Å². The summed E-state index contributed by atoms with van der Waals surface area (Å²) < 4.78 is 7.15. The van der Waals surface area contributed by atoms with E-state index in [0.717, 1.165) is 37.2 Å². The summed E-state index contributed by atoms with van der Waals surface area (Å²) in [5.74, 6) is 2.66. The van der Waals surface area contributed by atoms with E-state index in [1.807, 2.05) is 18.5 Å². The number of nitrogens with one attached hydrogen (secondary N) is 2. The molecule has 2 atom stereocenters. The van der Waals surface area contributed by atoms with Crippen LogP contribution in [-0.4, -0.2) is 71.1 Å². The van der Waals surface area contributed by atoms with Crippen LogP contribution in [0.5, 0.6) is 0 Å². The molecule has 152 valence electrons. The maximum Gasteiger partial charge on any atom is 0.191 e. The smallest absolute Gasteiger partial charge is 0.191 e. The molecule has 1 aromatic rings. The van der Waals surface area contributed by atoms with Gasteiger partial charge in [-0.25, -0.2) is 4.99 Å². The number of hydrogen-bond acceptors (Lipinski definition) is 5. The van der Waals surface area contributed by atoms with Crippen LogP contribution in [0.15, 0.2) is 4.99 Å². The lowest BCUT2D eigenvalue weighted by Gasteiger charge is -2.47. The van der Waals surface area contributed by atoms with Gasteiger partial charge >= 0.3 is 0 Å². The minimum atomic E-state index is 0.478. The van der Waals surface area contributed by atoms with Crippen molar-refractivity contribution in [3.05, 3.63) is 11.6 Å². The molecule has 2 unspecified atom stereocenters. The van der Waals surface area contributed by atoms with Crippen LogP contribution in [-0.2, 0) is 18.3 Å². The van der Waals surface area contributed by atoms with Crippen molar-refractivity contribution in [2.45, 2.75) is 70.1 Å². The Morgan fingerprint density at radius 2 is 1.96 bits per heavy atom. The fourth-order valence-electron chi connectivity index (χ4n) is 4.24. The minimum absolute atomic E-state index is 0.478. The third kappa shape index (κ3) is 5.19. The van der Waals surface area contributed by atoms with Crippen molar-refractivity contribution >= 4 is 5.96 Å². The van der Waals surface area contributed by atoms with Crippen molar-refractivity contribution in [2.24, 2.45) is 12.0 Å². The summed E-state index contributed by atoms with van der Waals surface area (Å²) >= 11 is 0. The number of nitrogens with zero attached hydrogens (tertiary/aromatic N) is 5. The third-order valence-electron chi connectivity index (χ3n) is 6.06. The lowest BCUT2D eigenvalue weighted by atomic mass is 9.82. The Morgan fingerprint density at radius 3 is 2.59 bits per heavy atom. The SMILES string of the molecule is COCCCNC(=NCc1nnc(C)n1C)NC1CC2CCCC(C1)N2C. The van der Waals surface area contributed by atoms with Gasteiger partial charge in [-0.2, -0.15) is 0 Å². The number of hydrogen-bond donors (Lipinski definition) is 2. The monoisotopic (exact) mass is 377 g/mol. The Bertz CT molecular complexity index is 616. The lowest BCUT2D eigenvalue weighted by molar-refractivity contribution is 0.0526. The van der Waals surface area contributed by atoms with Crippen molar-refractivity contribution in [3.8, 4) is 0 Å². The topological polar surface area (TPSA) is 79.6 Å². The molecule has 0 amide bonds. The highest BCUT2D eigenvalue weighted by Gasteiger charge is 2.36. The van der Waals surface area contributed by atoms with Crippen LogP contribution in [0.4, 0.5) is 0 Å². The normalized spacial score (nSPS) is 26.2. The maximum atomic E-state index is 5.16. The van der Waals surface area contributed by atoms with Gasteiger partial charge < -0.3 is 24.8 Å². The van der Waals surface area contributed by atoms with E-state index in [1.165, 1.54) is 32.1 Å². The van der Waals surface area contributed by atoms with Crippen LogP contribution in [0, 0.1) is 6.92 Å². The molecule has 2 fully saturated rings. The van der Waals surface area contributed by atoms with Crippen molar-refractivity contribution < 1.29 is 4.74 Å². The lowest BCUT2D eigenvalue weighted by Crippen LogP contribution is -2.56. The first kappa shape index (κ1) is 20.1. The molecule has 3 rings (SSSR count). The fraction of sp³-hybridized carbons (Fsp3) is 0.842. The number of ether oxygens (including phenoxy) is 1. The van der Waals surface area contributed by atoms with Gasteiger partial charge in [-0.1, -0.05) is 6.42 Å². The summed E-state index contributed by atoms with van der Waals surface area (Å²) in [6.45, 7) is 4.08. The zero-order valence-electron chi connectivity index (χ0n) is 17.2. The summed E-state index contributed by atoms with van der Waals surface area (Å²) in [6, 6.07) is 1.88. The van der Waals surface area contributed by atoms with E-state index in [2.05, 4.69) is 32.8 Å². The quantitative estimate of drug-likeness (QED) is 0.422. The van der Waals surface area contributed by atoms with Crippen LogP contribution in [0.1, 0.15) is 50.2 Å². The molecule has 0 spiro atoms. The first-order chi connectivity index (χ1) is 13.1. The molecule has 0 aromatic carbocycles. The van der Waals surface area contributed by atoms with Crippen LogP contribution < -0.4 is 10.6 Å². The predicted octanol–water partition coefficient (Wildman–Crippen LogP) is 1.21. The highest BCUT2D eigenvalue weighted by atomic mass is 16.5. The number of methoxy groups -OCH3 is 1. The van der Waals surface area contributed by atoms with E-state index >= 15 is 0 Å². The molecule has 0 saturated carbocycles. The Balaban J connectivity index is 1.62. The zero-order chi connectivity index (χ0) is 19.2. The molecule has 0 radical (unpaired) electrons. The molecule has 2 saturated heterocycles. The summed E-state index contributed by atoms with van der Waals surface area (Å²) in [5, 5.41) is 15.5. The molecule has 1 aromatic heterocycles. The molecule has 27 heavy (non-hydrogen) atoms. The Kier molecular flexibility index (Phi) is 7.07. The van der Waals surface area contributed by atoms with Gasteiger partial charge in [0.2, 0.25) is 0 Å². The fourth-order valence-corrected chi connectivity index (χ4v) is 4.24. The van der Waals surface area contributed by atoms with E-state index in [1.54, 1.807) is 7.11 Å². The molecule has 3 heterocycles. The van der Waals surface area contributed by atoms with Gasteiger partial charge in [-0.15, -0.1) is 10.2 Å². The van der Waals surface area contributed by atoms with E-state index in [-0.39, 0.29) is 0 Å². The van der Waals surface area contributed by atoms with Gasteiger partial charge in [0.1, 0.15) is 12.4 Å². The average Bonchev–Trinajstić information content (AvgIpc) is 2.96. The zero-order valence-corrected chi connectivity index (χ0v) is 17.2. The second kappa shape index (κ2) is 9.50. The van der Waals surface area contributed by atoms with Crippen molar-refractivity contribution in [2.75, 3.05) is 27.3 Å². The van der Waals surface area contributed by atoms with Crippen LogP contribution in [0.25, 0.3) is 0 Å². The number of aliphatic imine (C=N–C) groups is 1. The molecule has 2 N–H and O–H groups in total. The van der Waals surface area contributed by atoms with Crippen LogP contribution in [0.2, 0.25) is 0 Å². The Hall–Kier alpha value is -1.67. The highest BCUT2D eigenvalue weighted by Crippen LogP contribution is 2.32. The van der Waals surface area contributed by atoms with E-state index in [9.17, 15) is 0 Å². The number of fused-ring (bicyclic) bond motifs is 2. The molecule has 2 aliphatic heterocycles. The van der Waals surface area contributed by atoms with Gasteiger partial charge in [0.15, 0.2) is 11.8 Å². The first-order valence-corrected chi connectivity index (χ1v) is 10.2. The molecular formula is C19H35N7O. The first-order valence-electron chi connectivity index (χ1n) is 10.2. The second-order valence-electron chi connectivity index (χ2n) is 7.88. The predicted molar refractivity (Wildman–Crippen MR) is 107 cm³/mol. The number of aromatic nitrogens is 3. The number of piperidine rings is 2. The summed E-state index contributed by atoms with van der Waals surface area (Å²) in [7, 11) is 6.01. The van der Waals surface area contributed by atoms with Gasteiger partial charge in [-0.05, 0) is 46.1 Å². The third-order valence-corrected chi connectivity index (χ3v) is 6.06. The van der Waals surface area contributed by atoms with Crippen LogP contribution in [0.3, 0.4) is 0 Å². The van der Waals surface area contributed by atoms with Gasteiger partial charge in [0.05, 0.1) is 0 Å². The van der Waals surface area contributed by atoms with Gasteiger partial charge in [0.25, 0.3) is 0 Å². The number of guanidine groups is 1. The van der Waals surface area contributed by atoms with Crippen molar-refractivity contribution in [1.82, 2.24) is 30.3 Å². The molecule has 0 aliphatic carbocycles. The molecular weight excluding hydrogens is 342 g/mol. The number of aryl methyl sites for hydroxylation is 1. The maximum absolute atomic E-state index is 5.16. The van der Waals surface area contributed by atoms with Crippen molar-refractivity contribution in [1.29, 1.82) is 0 Å². The summed E-state index contributed by atoms with van der Waals surface area (Å²) in [4.78, 5) is 7.38. The summed E-state index contributed by atoms with van der Waals surface area (Å²) in [6.07, 6.45) is 7.34. The Labute approximate surface area is 162 Å². The van der Waals surface area contributed by atoms with E-state index in [4.69, 9.17) is 9.73 Å². The molecule has 2 bridgehead atoms. The summed E-state index contributed by atoms with van der Waals surface area (Å²) in [5.41, 5.74) is 0. The van der Waals surface area contributed by atoms with E-state index < -0.39 is 0 Å². The molecule has 8 heteroatoms.